The molecular weight excluding hydrogens is 350 g/mol. The molecule has 0 fully saturated rings. The molecule has 0 bridgehead atoms. The Kier molecular flexibility index (Phi) is 5.38. The van der Waals surface area contributed by atoms with Crippen molar-refractivity contribution in [3.8, 4) is 5.88 Å². The Hall–Kier alpha value is -2.66. The minimum Gasteiger partial charge on any atom is -0.476 e. The normalized spacial score (nSPS) is 10.8. The van der Waals surface area contributed by atoms with Gasteiger partial charge in [0.25, 0.3) is 5.91 Å². The third kappa shape index (κ3) is 3.94. The van der Waals surface area contributed by atoms with Gasteiger partial charge >= 0.3 is 0 Å². The number of ether oxygens (including phenoxy) is 1. The van der Waals surface area contributed by atoms with Crippen molar-refractivity contribution in [2.75, 3.05) is 11.9 Å². The Bertz CT molecular complexity index is 955. The number of fused-ring (bicyclic) bond motifs is 1. The van der Waals surface area contributed by atoms with Crippen LogP contribution in [0, 0.1) is 13.8 Å². The second-order valence-corrected chi connectivity index (χ2v) is 6.55. The van der Waals surface area contributed by atoms with Crippen LogP contribution < -0.4 is 10.1 Å². The molecule has 134 valence electrons. The van der Waals surface area contributed by atoms with Crippen LogP contribution in [0.4, 0.5) is 5.69 Å². The highest BCUT2D eigenvalue weighted by Gasteiger charge is 2.18. The fourth-order valence-electron chi connectivity index (χ4n) is 2.47. The molecule has 3 rings (SSSR count). The highest BCUT2D eigenvalue weighted by atomic mass is 35.5. The molecular formula is C20H20ClN3O2. The summed E-state index contributed by atoms with van der Waals surface area (Å²) in [5.41, 5.74) is 4.39. The number of amides is 1. The molecule has 0 unspecified atom stereocenters. The van der Waals surface area contributed by atoms with Gasteiger partial charge in [-0.15, -0.1) is 0 Å². The molecule has 5 nitrogen and oxygen atoms in total. The Labute approximate surface area is 157 Å². The van der Waals surface area contributed by atoms with Gasteiger partial charge in [-0.05, 0) is 67.8 Å². The van der Waals surface area contributed by atoms with Crippen molar-refractivity contribution in [3.05, 3.63) is 58.2 Å². The van der Waals surface area contributed by atoms with Gasteiger partial charge in [0.2, 0.25) is 5.88 Å². The summed E-state index contributed by atoms with van der Waals surface area (Å²) in [5.74, 6) is -0.125. The Morgan fingerprint density at radius 3 is 2.31 bits per heavy atom. The van der Waals surface area contributed by atoms with Gasteiger partial charge in [-0.25, -0.2) is 9.97 Å². The Morgan fingerprint density at radius 2 is 1.69 bits per heavy atom. The number of hydrogen-bond acceptors (Lipinski definition) is 4. The van der Waals surface area contributed by atoms with Gasteiger partial charge in [0, 0.05) is 10.7 Å². The highest BCUT2D eigenvalue weighted by molar-refractivity contribution is 6.30. The SMILES string of the molecule is CCCOc1nc2cc(C)c(C)cc2nc1C(=O)Nc1ccc(Cl)cc1. The fourth-order valence-corrected chi connectivity index (χ4v) is 2.59. The molecule has 0 atom stereocenters. The molecule has 1 N–H and O–H groups in total. The predicted molar refractivity (Wildman–Crippen MR) is 104 cm³/mol. The number of carbonyl (C=O) groups is 1. The summed E-state index contributed by atoms with van der Waals surface area (Å²) in [6.07, 6.45) is 0.810. The summed E-state index contributed by atoms with van der Waals surface area (Å²) in [5, 5.41) is 3.42. The molecule has 3 aromatic rings. The average molecular weight is 370 g/mol. The highest BCUT2D eigenvalue weighted by Crippen LogP contribution is 2.23. The van der Waals surface area contributed by atoms with Crippen molar-refractivity contribution >= 4 is 34.2 Å². The zero-order valence-electron chi connectivity index (χ0n) is 15.0. The monoisotopic (exact) mass is 369 g/mol. The van der Waals surface area contributed by atoms with Crippen molar-refractivity contribution in [1.82, 2.24) is 9.97 Å². The van der Waals surface area contributed by atoms with Gasteiger partial charge in [0.1, 0.15) is 0 Å². The second-order valence-electron chi connectivity index (χ2n) is 6.11. The minimum absolute atomic E-state index is 0.171. The number of nitrogens with one attached hydrogen (secondary N) is 1. The molecule has 1 aromatic heterocycles. The Balaban J connectivity index is 2.01. The van der Waals surface area contributed by atoms with Crippen LogP contribution in [0.5, 0.6) is 5.88 Å². The number of aromatic nitrogens is 2. The van der Waals surface area contributed by atoms with E-state index >= 15 is 0 Å². The van der Waals surface area contributed by atoms with E-state index in [2.05, 4.69) is 15.3 Å². The van der Waals surface area contributed by atoms with Gasteiger partial charge in [-0.2, -0.15) is 0 Å². The maximum Gasteiger partial charge on any atom is 0.279 e. The summed E-state index contributed by atoms with van der Waals surface area (Å²) in [6, 6.07) is 10.8. The van der Waals surface area contributed by atoms with E-state index in [1.165, 1.54) is 0 Å². The van der Waals surface area contributed by atoms with Crippen LogP contribution in [0.15, 0.2) is 36.4 Å². The van der Waals surface area contributed by atoms with Gasteiger partial charge in [0.05, 0.1) is 17.6 Å². The summed E-state index contributed by atoms with van der Waals surface area (Å²) < 4.78 is 5.69. The lowest BCUT2D eigenvalue weighted by Crippen LogP contribution is -2.17. The van der Waals surface area contributed by atoms with Crippen LogP contribution in [0.3, 0.4) is 0 Å². The van der Waals surface area contributed by atoms with Crippen molar-refractivity contribution in [2.24, 2.45) is 0 Å². The number of halogens is 1. The molecule has 2 aromatic carbocycles. The van der Waals surface area contributed by atoms with Crippen LogP contribution in [-0.2, 0) is 0 Å². The van der Waals surface area contributed by atoms with E-state index in [1.54, 1.807) is 24.3 Å². The number of aryl methyl sites for hydroxylation is 2. The second kappa shape index (κ2) is 7.70. The van der Waals surface area contributed by atoms with E-state index in [1.807, 2.05) is 32.9 Å². The standard InChI is InChI=1S/C20H20ClN3O2/c1-4-9-26-20-18(19(25)22-15-7-5-14(21)6-8-15)23-16-10-12(2)13(3)11-17(16)24-20/h5-8,10-11H,4,9H2,1-3H3,(H,22,25). The van der Waals surface area contributed by atoms with Crippen LogP contribution in [0.2, 0.25) is 5.02 Å². The van der Waals surface area contributed by atoms with Gasteiger partial charge in [-0.1, -0.05) is 18.5 Å². The average Bonchev–Trinajstić information content (AvgIpc) is 2.62. The topological polar surface area (TPSA) is 64.1 Å². The zero-order chi connectivity index (χ0) is 18.7. The number of benzene rings is 2. The first-order chi connectivity index (χ1) is 12.5. The largest absolute Gasteiger partial charge is 0.476 e. The minimum atomic E-state index is -0.369. The van der Waals surface area contributed by atoms with Gasteiger partial charge in [0.15, 0.2) is 5.69 Å². The third-order valence-electron chi connectivity index (χ3n) is 4.01. The fraction of sp³-hybridized carbons (Fsp3) is 0.250. The summed E-state index contributed by atoms with van der Waals surface area (Å²) >= 11 is 5.89. The van der Waals surface area contributed by atoms with E-state index in [0.29, 0.717) is 28.4 Å². The van der Waals surface area contributed by atoms with E-state index in [9.17, 15) is 4.79 Å². The van der Waals surface area contributed by atoms with Gasteiger partial charge in [-0.3, -0.25) is 4.79 Å². The van der Waals surface area contributed by atoms with Gasteiger partial charge < -0.3 is 10.1 Å². The first kappa shape index (κ1) is 18.1. The van der Waals surface area contributed by atoms with Crippen molar-refractivity contribution < 1.29 is 9.53 Å². The smallest absolute Gasteiger partial charge is 0.279 e. The molecule has 1 heterocycles. The van der Waals surface area contributed by atoms with Crippen molar-refractivity contribution in [3.63, 3.8) is 0 Å². The number of hydrogen-bond donors (Lipinski definition) is 1. The third-order valence-corrected chi connectivity index (χ3v) is 4.26. The summed E-state index contributed by atoms with van der Waals surface area (Å²) in [6.45, 7) is 6.48. The van der Waals surface area contributed by atoms with Crippen molar-refractivity contribution in [1.29, 1.82) is 0 Å². The van der Waals surface area contributed by atoms with Crippen LogP contribution in [-0.4, -0.2) is 22.5 Å². The number of rotatable bonds is 5. The van der Waals surface area contributed by atoms with Crippen LogP contribution >= 0.6 is 11.6 Å². The lowest BCUT2D eigenvalue weighted by atomic mass is 10.1. The van der Waals surface area contributed by atoms with Crippen LogP contribution in [0.1, 0.15) is 35.0 Å². The maximum atomic E-state index is 12.8. The number of carbonyl (C=O) groups excluding carboxylic acids is 1. The van der Waals surface area contributed by atoms with E-state index < -0.39 is 0 Å². The first-order valence-electron chi connectivity index (χ1n) is 8.46. The molecule has 26 heavy (non-hydrogen) atoms. The molecule has 0 saturated heterocycles. The summed E-state index contributed by atoms with van der Waals surface area (Å²) in [4.78, 5) is 21.8. The molecule has 0 saturated carbocycles. The molecule has 6 heteroatoms. The summed E-state index contributed by atoms with van der Waals surface area (Å²) in [7, 11) is 0. The van der Waals surface area contributed by atoms with Crippen LogP contribution in [0.25, 0.3) is 11.0 Å². The zero-order valence-corrected chi connectivity index (χ0v) is 15.7. The number of nitrogens with zero attached hydrogens (tertiary/aromatic N) is 2. The molecule has 0 aliphatic rings. The number of anilines is 1. The first-order valence-corrected chi connectivity index (χ1v) is 8.84. The quantitative estimate of drug-likeness (QED) is 0.691. The molecule has 0 radical (unpaired) electrons. The molecule has 0 spiro atoms. The molecule has 0 aliphatic heterocycles. The lowest BCUT2D eigenvalue weighted by molar-refractivity contribution is 0.101. The maximum absolute atomic E-state index is 12.8. The lowest BCUT2D eigenvalue weighted by Gasteiger charge is -2.12. The predicted octanol–water partition coefficient (Wildman–Crippen LogP) is 4.94. The molecule has 0 aliphatic carbocycles. The van der Waals surface area contributed by atoms with E-state index in [0.717, 1.165) is 17.5 Å². The van der Waals surface area contributed by atoms with E-state index in [4.69, 9.17) is 16.3 Å². The Morgan fingerprint density at radius 1 is 1.08 bits per heavy atom. The van der Waals surface area contributed by atoms with Crippen molar-refractivity contribution in [2.45, 2.75) is 27.2 Å². The molecule has 1 amide bonds. The van der Waals surface area contributed by atoms with E-state index in [-0.39, 0.29) is 17.5 Å².